The summed E-state index contributed by atoms with van der Waals surface area (Å²) in [6.45, 7) is 2.25. The van der Waals surface area contributed by atoms with Gasteiger partial charge in [0.1, 0.15) is 11.6 Å². The van der Waals surface area contributed by atoms with E-state index in [0.717, 1.165) is 42.8 Å². The molecule has 0 unspecified atom stereocenters. The lowest BCUT2D eigenvalue weighted by Gasteiger charge is -2.15. The number of hydrogen-bond acceptors (Lipinski definition) is 4. The molecule has 7 heteroatoms. The molecule has 2 saturated carbocycles. The van der Waals surface area contributed by atoms with Gasteiger partial charge in [0, 0.05) is 47.4 Å². The molecule has 3 aromatic heterocycles. The molecule has 0 bridgehead atoms. The molecule has 2 aliphatic rings. The third-order valence-corrected chi connectivity index (χ3v) is 5.76. The van der Waals surface area contributed by atoms with Crippen molar-refractivity contribution < 1.29 is 9.18 Å². The molecule has 0 aromatic carbocycles. The summed E-state index contributed by atoms with van der Waals surface area (Å²) in [5.74, 6) is 0.537. The van der Waals surface area contributed by atoms with Crippen molar-refractivity contribution in [1.82, 2.24) is 14.5 Å². The van der Waals surface area contributed by atoms with Gasteiger partial charge in [-0.2, -0.15) is 0 Å². The molecule has 148 valence electrons. The van der Waals surface area contributed by atoms with E-state index in [1.807, 2.05) is 0 Å². The molecule has 2 aliphatic carbocycles. The molecule has 29 heavy (non-hydrogen) atoms. The second-order valence-electron chi connectivity index (χ2n) is 8.10. The van der Waals surface area contributed by atoms with Crippen molar-refractivity contribution in [3.8, 4) is 11.1 Å². The molecule has 1 N–H and O–H groups in total. The first kappa shape index (κ1) is 18.0. The highest BCUT2D eigenvalue weighted by Gasteiger charge is 2.30. The number of nitrogens with one attached hydrogen (secondary N) is 1. The second-order valence-corrected chi connectivity index (χ2v) is 8.10. The summed E-state index contributed by atoms with van der Waals surface area (Å²) in [6, 6.07) is 3.50. The Morgan fingerprint density at radius 1 is 1.17 bits per heavy atom. The topological polar surface area (TPSA) is 76.9 Å². The highest BCUT2D eigenvalue weighted by Crippen LogP contribution is 2.33. The van der Waals surface area contributed by atoms with E-state index >= 15 is 0 Å². The Labute approximate surface area is 166 Å². The molecule has 2 fully saturated rings. The predicted molar refractivity (Wildman–Crippen MR) is 108 cm³/mol. The van der Waals surface area contributed by atoms with Crippen LogP contribution in [-0.4, -0.2) is 20.4 Å². The van der Waals surface area contributed by atoms with Gasteiger partial charge in [0.2, 0.25) is 5.91 Å². The maximum atomic E-state index is 14.1. The standard InChI is InChI=1S/C22H21FN4O2/c1-12-17(9-24-10-18(12)23)16-6-15-8-25-20(26-21(28)14-4-5-14)7-19(15)27(22(16)29)11-13-2-3-13/h6-10,13-14H,2-5,11H2,1H3,(H,25,26,28). The zero-order valence-corrected chi connectivity index (χ0v) is 16.1. The van der Waals surface area contributed by atoms with Crippen molar-refractivity contribution in [1.29, 1.82) is 0 Å². The van der Waals surface area contributed by atoms with Crippen molar-refractivity contribution in [3.05, 3.63) is 52.5 Å². The zero-order chi connectivity index (χ0) is 20.1. The maximum Gasteiger partial charge on any atom is 0.259 e. The molecular weight excluding hydrogens is 371 g/mol. The van der Waals surface area contributed by atoms with E-state index in [4.69, 9.17) is 0 Å². The lowest BCUT2D eigenvalue weighted by atomic mass is 10.0. The maximum absolute atomic E-state index is 14.1. The van der Waals surface area contributed by atoms with Crippen molar-refractivity contribution >= 4 is 22.6 Å². The normalized spacial score (nSPS) is 16.2. The fourth-order valence-corrected chi connectivity index (χ4v) is 3.62. The van der Waals surface area contributed by atoms with Crippen LogP contribution in [0.1, 0.15) is 31.2 Å². The molecule has 1 amide bonds. The van der Waals surface area contributed by atoms with E-state index in [1.54, 1.807) is 29.8 Å². The predicted octanol–water partition coefficient (Wildman–Crippen LogP) is 3.66. The fraction of sp³-hybridized carbons (Fsp3) is 0.364. The summed E-state index contributed by atoms with van der Waals surface area (Å²) in [4.78, 5) is 33.8. The summed E-state index contributed by atoms with van der Waals surface area (Å²) in [6.07, 6.45) is 8.35. The van der Waals surface area contributed by atoms with Crippen molar-refractivity contribution in [2.75, 3.05) is 5.32 Å². The van der Waals surface area contributed by atoms with Crippen LogP contribution in [0.15, 0.2) is 35.5 Å². The molecule has 0 spiro atoms. The van der Waals surface area contributed by atoms with Crippen LogP contribution >= 0.6 is 0 Å². The number of fused-ring (bicyclic) bond motifs is 1. The van der Waals surface area contributed by atoms with Gasteiger partial charge in [-0.15, -0.1) is 0 Å². The van der Waals surface area contributed by atoms with Crippen LogP contribution < -0.4 is 10.9 Å². The fourth-order valence-electron chi connectivity index (χ4n) is 3.62. The molecule has 0 radical (unpaired) electrons. The Morgan fingerprint density at radius 2 is 1.97 bits per heavy atom. The quantitative estimate of drug-likeness (QED) is 0.719. The van der Waals surface area contributed by atoms with Crippen LogP contribution in [0.2, 0.25) is 0 Å². The SMILES string of the molecule is Cc1c(F)cncc1-c1cc2cnc(NC(=O)C3CC3)cc2n(CC2CC2)c1=O. The molecule has 3 heterocycles. The third kappa shape index (κ3) is 3.41. The van der Waals surface area contributed by atoms with Gasteiger partial charge in [0.15, 0.2) is 0 Å². The summed E-state index contributed by atoms with van der Waals surface area (Å²) in [7, 11) is 0. The van der Waals surface area contributed by atoms with Crippen LogP contribution in [0.4, 0.5) is 10.2 Å². The molecule has 0 aliphatic heterocycles. The second kappa shape index (κ2) is 6.76. The van der Waals surface area contributed by atoms with Crippen LogP contribution in [0.25, 0.3) is 22.0 Å². The number of amides is 1. The van der Waals surface area contributed by atoms with Crippen molar-refractivity contribution in [3.63, 3.8) is 0 Å². The van der Waals surface area contributed by atoms with E-state index in [-0.39, 0.29) is 17.4 Å². The minimum Gasteiger partial charge on any atom is -0.310 e. The van der Waals surface area contributed by atoms with Gasteiger partial charge in [-0.3, -0.25) is 14.6 Å². The van der Waals surface area contributed by atoms with Crippen LogP contribution in [-0.2, 0) is 11.3 Å². The third-order valence-electron chi connectivity index (χ3n) is 5.76. The van der Waals surface area contributed by atoms with Gasteiger partial charge < -0.3 is 9.88 Å². The number of carbonyl (C=O) groups is 1. The van der Waals surface area contributed by atoms with Crippen LogP contribution in [0, 0.1) is 24.6 Å². The first-order valence-corrected chi connectivity index (χ1v) is 9.96. The Bertz CT molecular complexity index is 1200. The van der Waals surface area contributed by atoms with Crippen LogP contribution in [0.5, 0.6) is 0 Å². The minimum atomic E-state index is -0.438. The van der Waals surface area contributed by atoms with Gasteiger partial charge in [-0.1, -0.05) is 0 Å². The Morgan fingerprint density at radius 3 is 2.69 bits per heavy atom. The van der Waals surface area contributed by atoms with Crippen molar-refractivity contribution in [2.45, 2.75) is 39.2 Å². The summed E-state index contributed by atoms with van der Waals surface area (Å²) in [5, 5.41) is 3.62. The molecule has 3 aromatic rings. The van der Waals surface area contributed by atoms with E-state index in [0.29, 0.717) is 35.0 Å². The first-order valence-electron chi connectivity index (χ1n) is 9.96. The van der Waals surface area contributed by atoms with E-state index < -0.39 is 5.82 Å². The van der Waals surface area contributed by atoms with E-state index in [1.165, 1.54) is 6.20 Å². The summed E-state index contributed by atoms with van der Waals surface area (Å²) >= 11 is 0. The van der Waals surface area contributed by atoms with E-state index in [9.17, 15) is 14.0 Å². The molecule has 6 nitrogen and oxygen atoms in total. The number of nitrogens with zero attached hydrogens (tertiary/aromatic N) is 3. The Hall–Kier alpha value is -3.09. The summed E-state index contributed by atoms with van der Waals surface area (Å²) in [5.41, 5.74) is 1.86. The number of pyridine rings is 3. The number of anilines is 1. The highest BCUT2D eigenvalue weighted by atomic mass is 19.1. The van der Waals surface area contributed by atoms with Gasteiger partial charge in [-0.05, 0) is 50.2 Å². The van der Waals surface area contributed by atoms with Gasteiger partial charge >= 0.3 is 0 Å². The smallest absolute Gasteiger partial charge is 0.259 e. The molecular formula is C22H21FN4O2. The van der Waals surface area contributed by atoms with Crippen LogP contribution in [0.3, 0.4) is 0 Å². The lowest BCUT2D eigenvalue weighted by Crippen LogP contribution is -2.24. The summed E-state index contributed by atoms with van der Waals surface area (Å²) < 4.78 is 15.8. The largest absolute Gasteiger partial charge is 0.310 e. The Kier molecular flexibility index (Phi) is 4.19. The lowest BCUT2D eigenvalue weighted by molar-refractivity contribution is -0.117. The van der Waals surface area contributed by atoms with Gasteiger partial charge in [0.25, 0.3) is 5.56 Å². The van der Waals surface area contributed by atoms with Gasteiger partial charge in [-0.25, -0.2) is 9.37 Å². The Balaban J connectivity index is 1.66. The molecule has 0 saturated heterocycles. The number of hydrogen-bond donors (Lipinski definition) is 1. The zero-order valence-electron chi connectivity index (χ0n) is 16.1. The minimum absolute atomic E-state index is 0.0222. The number of halogens is 1. The van der Waals surface area contributed by atoms with Gasteiger partial charge in [0.05, 0.1) is 11.7 Å². The molecule has 0 atom stereocenters. The highest BCUT2D eigenvalue weighted by molar-refractivity contribution is 5.95. The first-order chi connectivity index (χ1) is 14.0. The average Bonchev–Trinajstić information content (AvgIpc) is 3.60. The number of rotatable bonds is 5. The molecule has 5 rings (SSSR count). The van der Waals surface area contributed by atoms with Crippen molar-refractivity contribution in [2.24, 2.45) is 11.8 Å². The number of aromatic nitrogens is 3. The van der Waals surface area contributed by atoms with E-state index in [2.05, 4.69) is 15.3 Å². The number of carbonyl (C=O) groups excluding carboxylic acids is 1. The average molecular weight is 392 g/mol. The monoisotopic (exact) mass is 392 g/mol.